The summed E-state index contributed by atoms with van der Waals surface area (Å²) >= 11 is 13.9. The smallest absolute Gasteiger partial charge is 0.243 e. The first-order chi connectivity index (χ1) is 17.5. The number of carbonyl (C=O) groups excluding carboxylic acids is 2. The van der Waals surface area contributed by atoms with Crippen molar-refractivity contribution in [3.05, 3.63) is 100 Å². The van der Waals surface area contributed by atoms with Gasteiger partial charge in [-0.15, -0.1) is 11.8 Å². The highest BCUT2D eigenvalue weighted by atomic mass is 35.5. The molecular weight excluding hydrogens is 511 g/mol. The van der Waals surface area contributed by atoms with E-state index >= 15 is 0 Å². The first kappa shape index (κ1) is 26.6. The predicted molar refractivity (Wildman–Crippen MR) is 149 cm³/mol. The van der Waals surface area contributed by atoms with E-state index in [4.69, 9.17) is 23.2 Å². The van der Waals surface area contributed by atoms with Gasteiger partial charge in [-0.05, 0) is 48.2 Å². The first-order valence-corrected chi connectivity index (χ1v) is 14.0. The SMILES string of the molecule is O=C(NC1CCCC1)[C@@H](Cc1ccccc1)N(Cc1ccc(Cl)c(Cl)c1)C(=O)CSc1ccccc1. The van der Waals surface area contributed by atoms with Crippen LogP contribution >= 0.6 is 35.0 Å². The van der Waals surface area contributed by atoms with Gasteiger partial charge in [0.15, 0.2) is 0 Å². The molecule has 1 N–H and O–H groups in total. The Balaban J connectivity index is 1.62. The lowest BCUT2D eigenvalue weighted by Crippen LogP contribution is -2.52. The van der Waals surface area contributed by atoms with Gasteiger partial charge in [0.25, 0.3) is 0 Å². The van der Waals surface area contributed by atoms with Crippen molar-refractivity contribution < 1.29 is 9.59 Å². The average molecular weight is 542 g/mol. The summed E-state index contributed by atoms with van der Waals surface area (Å²) in [6, 6.07) is 24.5. The van der Waals surface area contributed by atoms with E-state index in [0.717, 1.165) is 41.7 Å². The second-order valence-corrected chi connectivity index (χ2v) is 10.9. The maximum Gasteiger partial charge on any atom is 0.243 e. The zero-order valence-electron chi connectivity index (χ0n) is 20.0. The lowest BCUT2D eigenvalue weighted by molar-refractivity contribution is -0.139. The van der Waals surface area contributed by atoms with Gasteiger partial charge in [0.05, 0.1) is 15.8 Å². The molecule has 0 heterocycles. The third kappa shape index (κ3) is 7.52. The Morgan fingerprint density at radius 2 is 1.56 bits per heavy atom. The maximum absolute atomic E-state index is 13.7. The van der Waals surface area contributed by atoms with E-state index in [9.17, 15) is 9.59 Å². The van der Waals surface area contributed by atoms with Crippen LogP contribution in [-0.2, 0) is 22.6 Å². The third-order valence-electron chi connectivity index (χ3n) is 6.42. The molecule has 0 bridgehead atoms. The third-order valence-corrected chi connectivity index (χ3v) is 8.15. The van der Waals surface area contributed by atoms with Crippen molar-refractivity contribution in [2.75, 3.05) is 5.75 Å². The number of hydrogen-bond donors (Lipinski definition) is 1. The Kier molecular flexibility index (Phi) is 9.74. The molecule has 1 atom stereocenters. The van der Waals surface area contributed by atoms with Crippen molar-refractivity contribution in [3.63, 3.8) is 0 Å². The van der Waals surface area contributed by atoms with Gasteiger partial charge in [0.1, 0.15) is 6.04 Å². The molecule has 4 rings (SSSR count). The molecule has 0 aromatic heterocycles. The van der Waals surface area contributed by atoms with E-state index in [2.05, 4.69) is 5.32 Å². The van der Waals surface area contributed by atoms with Gasteiger partial charge >= 0.3 is 0 Å². The van der Waals surface area contributed by atoms with Crippen LogP contribution in [0.2, 0.25) is 10.0 Å². The van der Waals surface area contributed by atoms with E-state index in [-0.39, 0.29) is 30.2 Å². The minimum atomic E-state index is -0.647. The van der Waals surface area contributed by atoms with Crippen LogP contribution in [0.1, 0.15) is 36.8 Å². The van der Waals surface area contributed by atoms with Gasteiger partial charge in [-0.1, -0.05) is 90.6 Å². The molecule has 0 spiro atoms. The Morgan fingerprint density at radius 3 is 2.22 bits per heavy atom. The van der Waals surface area contributed by atoms with Crippen molar-refractivity contribution in [2.24, 2.45) is 0 Å². The molecule has 0 unspecified atom stereocenters. The van der Waals surface area contributed by atoms with Crippen molar-refractivity contribution >= 4 is 46.8 Å². The van der Waals surface area contributed by atoms with Crippen LogP contribution in [0, 0.1) is 0 Å². The Hall–Kier alpha value is -2.47. The fraction of sp³-hybridized carbons (Fsp3) is 0.310. The van der Waals surface area contributed by atoms with Gasteiger partial charge in [-0.25, -0.2) is 0 Å². The molecule has 1 fully saturated rings. The first-order valence-electron chi connectivity index (χ1n) is 12.2. The summed E-state index contributed by atoms with van der Waals surface area (Å²) in [5, 5.41) is 4.11. The number of nitrogens with zero attached hydrogens (tertiary/aromatic N) is 1. The van der Waals surface area contributed by atoms with Crippen LogP contribution in [0.15, 0.2) is 83.8 Å². The van der Waals surface area contributed by atoms with E-state index in [1.54, 1.807) is 17.0 Å². The quantitative estimate of drug-likeness (QED) is 0.288. The van der Waals surface area contributed by atoms with Crippen LogP contribution in [0.25, 0.3) is 0 Å². The Morgan fingerprint density at radius 1 is 0.889 bits per heavy atom. The molecule has 1 saturated carbocycles. The molecular formula is C29H30Cl2N2O2S. The fourth-order valence-corrected chi connectivity index (χ4v) is 5.63. The van der Waals surface area contributed by atoms with Gasteiger partial charge in [0.2, 0.25) is 11.8 Å². The van der Waals surface area contributed by atoms with Gasteiger partial charge in [0, 0.05) is 23.9 Å². The maximum atomic E-state index is 13.7. The molecule has 188 valence electrons. The topological polar surface area (TPSA) is 49.4 Å². The lowest BCUT2D eigenvalue weighted by Gasteiger charge is -2.32. The lowest BCUT2D eigenvalue weighted by atomic mass is 10.0. The number of rotatable bonds is 10. The van der Waals surface area contributed by atoms with Crippen LogP contribution in [0.5, 0.6) is 0 Å². The Labute approximate surface area is 227 Å². The molecule has 1 aliphatic rings. The number of amides is 2. The molecule has 3 aromatic rings. The Bertz CT molecular complexity index is 1150. The van der Waals surface area contributed by atoms with Crippen molar-refractivity contribution in [3.8, 4) is 0 Å². The molecule has 0 saturated heterocycles. The van der Waals surface area contributed by atoms with E-state index in [1.807, 2.05) is 66.7 Å². The summed E-state index contributed by atoms with van der Waals surface area (Å²) in [5.41, 5.74) is 1.83. The van der Waals surface area contributed by atoms with Gasteiger partial charge < -0.3 is 10.2 Å². The van der Waals surface area contributed by atoms with Crippen LogP contribution < -0.4 is 5.32 Å². The average Bonchev–Trinajstić information content (AvgIpc) is 3.41. The number of carbonyl (C=O) groups is 2. The number of nitrogens with one attached hydrogen (secondary N) is 1. The summed E-state index contributed by atoms with van der Waals surface area (Å²) in [6.45, 7) is 0.265. The number of benzene rings is 3. The zero-order valence-corrected chi connectivity index (χ0v) is 22.4. The largest absolute Gasteiger partial charge is 0.352 e. The minimum absolute atomic E-state index is 0.0996. The van der Waals surface area contributed by atoms with E-state index < -0.39 is 6.04 Å². The predicted octanol–water partition coefficient (Wildman–Crippen LogP) is 6.78. The van der Waals surface area contributed by atoms with E-state index in [0.29, 0.717) is 16.5 Å². The fourth-order valence-electron chi connectivity index (χ4n) is 4.50. The second kappa shape index (κ2) is 13.2. The summed E-state index contributed by atoms with van der Waals surface area (Å²) in [5.74, 6) is 0.0224. The van der Waals surface area contributed by atoms with Crippen LogP contribution in [0.3, 0.4) is 0 Å². The molecule has 0 radical (unpaired) electrons. The molecule has 36 heavy (non-hydrogen) atoms. The highest BCUT2D eigenvalue weighted by molar-refractivity contribution is 8.00. The standard InChI is InChI=1S/C29H30Cl2N2O2S/c30-25-16-15-22(17-26(25)31)19-33(28(34)20-36-24-13-5-2-6-14-24)27(18-21-9-3-1-4-10-21)29(35)32-23-11-7-8-12-23/h1-6,9-10,13-17,23,27H,7-8,11-12,18-20H2,(H,32,35)/t27-/m1/s1. The second-order valence-electron chi connectivity index (χ2n) is 9.07. The number of halogens is 2. The molecule has 4 nitrogen and oxygen atoms in total. The zero-order chi connectivity index (χ0) is 25.3. The van der Waals surface area contributed by atoms with Gasteiger partial charge in [-0.2, -0.15) is 0 Å². The summed E-state index contributed by atoms with van der Waals surface area (Å²) in [4.78, 5) is 30.1. The van der Waals surface area contributed by atoms with E-state index in [1.165, 1.54) is 11.8 Å². The summed E-state index contributed by atoms with van der Waals surface area (Å²) in [6.07, 6.45) is 4.63. The number of thioether (sulfide) groups is 1. The van der Waals surface area contributed by atoms with Crippen molar-refractivity contribution in [2.45, 2.75) is 55.6 Å². The van der Waals surface area contributed by atoms with Crippen molar-refractivity contribution in [1.82, 2.24) is 10.2 Å². The summed E-state index contributed by atoms with van der Waals surface area (Å²) in [7, 11) is 0. The minimum Gasteiger partial charge on any atom is -0.352 e. The normalized spacial score (nSPS) is 14.4. The van der Waals surface area contributed by atoms with Crippen LogP contribution in [-0.4, -0.2) is 34.6 Å². The summed E-state index contributed by atoms with van der Waals surface area (Å²) < 4.78 is 0. The molecule has 0 aliphatic heterocycles. The molecule has 7 heteroatoms. The monoisotopic (exact) mass is 540 g/mol. The highest BCUT2D eigenvalue weighted by Crippen LogP contribution is 2.26. The molecule has 3 aromatic carbocycles. The van der Waals surface area contributed by atoms with Crippen molar-refractivity contribution in [1.29, 1.82) is 0 Å². The number of hydrogen-bond acceptors (Lipinski definition) is 3. The van der Waals surface area contributed by atoms with Crippen LogP contribution in [0.4, 0.5) is 0 Å². The highest BCUT2D eigenvalue weighted by Gasteiger charge is 2.32. The molecule has 2 amide bonds. The van der Waals surface area contributed by atoms with Gasteiger partial charge in [-0.3, -0.25) is 9.59 Å². The molecule has 1 aliphatic carbocycles.